The lowest BCUT2D eigenvalue weighted by atomic mass is 10.3. The van der Waals surface area contributed by atoms with Crippen molar-refractivity contribution >= 4 is 5.82 Å². The maximum atomic E-state index is 11.3. The molecule has 0 atom stereocenters. The monoisotopic (exact) mass is 209 g/mol. The van der Waals surface area contributed by atoms with Gasteiger partial charge in [0.05, 0.1) is 0 Å². The number of rotatable bonds is 5. The largest absolute Gasteiger partial charge is 0.359 e. The number of aryl methyl sites for hydroxylation is 1. The molecule has 4 heteroatoms. The molecule has 0 amide bonds. The number of hydrogen-bond donors (Lipinski definition) is 1. The lowest BCUT2D eigenvalue weighted by Gasteiger charge is -2.17. The highest BCUT2D eigenvalue weighted by Crippen LogP contribution is 2.06. The number of aromatic nitrogens is 2. The smallest absolute Gasteiger partial charge is 0.252 e. The first kappa shape index (κ1) is 11.8. The molecule has 0 aromatic carbocycles. The van der Waals surface area contributed by atoms with Gasteiger partial charge in [-0.2, -0.15) is 0 Å². The van der Waals surface area contributed by atoms with Crippen molar-refractivity contribution in [3.63, 3.8) is 0 Å². The van der Waals surface area contributed by atoms with Crippen molar-refractivity contribution in [1.29, 1.82) is 0 Å². The van der Waals surface area contributed by atoms with Crippen molar-refractivity contribution in [3.8, 4) is 0 Å². The molecule has 1 aromatic heterocycles. The van der Waals surface area contributed by atoms with Crippen LogP contribution in [0.3, 0.4) is 0 Å². The van der Waals surface area contributed by atoms with Crippen LogP contribution in [0, 0.1) is 0 Å². The Bertz CT molecular complexity index is 359. The van der Waals surface area contributed by atoms with Gasteiger partial charge in [0, 0.05) is 26.1 Å². The molecule has 0 radical (unpaired) electrons. The number of nitrogens with one attached hydrogen (secondary N) is 1. The summed E-state index contributed by atoms with van der Waals surface area (Å²) in [6.45, 7) is 5.07. The second kappa shape index (κ2) is 5.53. The molecule has 1 N–H and O–H groups in total. The predicted molar refractivity (Wildman–Crippen MR) is 62.4 cm³/mol. The second-order valence-electron chi connectivity index (χ2n) is 3.68. The van der Waals surface area contributed by atoms with Gasteiger partial charge in [0.1, 0.15) is 11.6 Å². The van der Waals surface area contributed by atoms with Gasteiger partial charge in [-0.1, -0.05) is 20.3 Å². The number of H-pyrrole nitrogens is 1. The second-order valence-corrected chi connectivity index (χ2v) is 3.68. The van der Waals surface area contributed by atoms with Gasteiger partial charge in [-0.15, -0.1) is 0 Å². The van der Waals surface area contributed by atoms with Gasteiger partial charge >= 0.3 is 0 Å². The summed E-state index contributed by atoms with van der Waals surface area (Å²) < 4.78 is 0. The molecule has 1 aromatic rings. The molecule has 0 spiro atoms. The zero-order chi connectivity index (χ0) is 11.3. The van der Waals surface area contributed by atoms with E-state index in [0.29, 0.717) is 0 Å². The Labute approximate surface area is 90.3 Å². The third-order valence-electron chi connectivity index (χ3n) is 2.35. The van der Waals surface area contributed by atoms with Crippen LogP contribution in [0.15, 0.2) is 10.9 Å². The summed E-state index contributed by atoms with van der Waals surface area (Å²) in [7, 11) is 1.97. The molecule has 0 unspecified atom stereocenters. The fourth-order valence-corrected chi connectivity index (χ4v) is 1.37. The van der Waals surface area contributed by atoms with Crippen LogP contribution in [-0.2, 0) is 6.42 Å². The van der Waals surface area contributed by atoms with Gasteiger partial charge < -0.3 is 9.88 Å². The minimum atomic E-state index is -0.0693. The van der Waals surface area contributed by atoms with Gasteiger partial charge in [0.15, 0.2) is 0 Å². The number of unbranched alkanes of at least 4 members (excludes halogenated alkanes) is 1. The Balaban J connectivity index is 2.83. The summed E-state index contributed by atoms with van der Waals surface area (Å²) in [5.74, 6) is 1.52. The SMILES string of the molecule is CCCCN(C)c1cc(=O)[nH]c(CC)n1. The van der Waals surface area contributed by atoms with Crippen LogP contribution in [0.1, 0.15) is 32.5 Å². The molecule has 0 saturated carbocycles. The standard InChI is InChI=1S/C11H19N3O/c1-4-6-7-14(3)10-8-11(15)13-9(5-2)12-10/h8H,4-7H2,1-3H3,(H,12,13,15). The van der Waals surface area contributed by atoms with Crippen LogP contribution in [0.2, 0.25) is 0 Å². The molecule has 84 valence electrons. The molecule has 15 heavy (non-hydrogen) atoms. The van der Waals surface area contributed by atoms with Gasteiger partial charge in [-0.25, -0.2) is 4.98 Å². The molecule has 0 aliphatic heterocycles. The fourth-order valence-electron chi connectivity index (χ4n) is 1.37. The van der Waals surface area contributed by atoms with E-state index in [1.54, 1.807) is 6.07 Å². The summed E-state index contributed by atoms with van der Waals surface area (Å²) >= 11 is 0. The van der Waals surface area contributed by atoms with Crippen LogP contribution in [0.5, 0.6) is 0 Å². The van der Waals surface area contributed by atoms with E-state index >= 15 is 0 Å². The molecule has 0 fully saturated rings. The maximum absolute atomic E-state index is 11.3. The molecule has 4 nitrogen and oxygen atoms in total. The van der Waals surface area contributed by atoms with Crippen LogP contribution in [0.4, 0.5) is 5.82 Å². The first-order chi connectivity index (χ1) is 7.17. The molecular formula is C11H19N3O. The highest BCUT2D eigenvalue weighted by atomic mass is 16.1. The molecule has 0 aliphatic carbocycles. The molecule has 0 aliphatic rings. The number of anilines is 1. The van der Waals surface area contributed by atoms with Crippen molar-refractivity contribution in [2.24, 2.45) is 0 Å². The van der Waals surface area contributed by atoms with Crippen molar-refractivity contribution in [2.75, 3.05) is 18.5 Å². The summed E-state index contributed by atoms with van der Waals surface area (Å²) in [5.41, 5.74) is -0.0693. The minimum absolute atomic E-state index is 0.0693. The van der Waals surface area contributed by atoms with Crippen LogP contribution >= 0.6 is 0 Å². The van der Waals surface area contributed by atoms with E-state index in [1.165, 1.54) is 0 Å². The normalized spacial score (nSPS) is 10.3. The zero-order valence-electron chi connectivity index (χ0n) is 9.71. The lowest BCUT2D eigenvalue weighted by Crippen LogP contribution is -2.23. The topological polar surface area (TPSA) is 49.0 Å². The van der Waals surface area contributed by atoms with E-state index in [2.05, 4.69) is 16.9 Å². The average Bonchev–Trinajstić information content (AvgIpc) is 2.24. The van der Waals surface area contributed by atoms with Crippen molar-refractivity contribution in [2.45, 2.75) is 33.1 Å². The van der Waals surface area contributed by atoms with E-state index in [4.69, 9.17) is 0 Å². The van der Waals surface area contributed by atoms with Crippen LogP contribution in [0.25, 0.3) is 0 Å². The molecule has 0 bridgehead atoms. The van der Waals surface area contributed by atoms with Crippen molar-refractivity contribution < 1.29 is 0 Å². The van der Waals surface area contributed by atoms with Gasteiger partial charge in [0.2, 0.25) is 0 Å². The zero-order valence-corrected chi connectivity index (χ0v) is 9.71. The third kappa shape index (κ3) is 3.38. The molecule has 1 rings (SSSR count). The summed E-state index contributed by atoms with van der Waals surface area (Å²) in [6, 6.07) is 1.55. The van der Waals surface area contributed by atoms with E-state index < -0.39 is 0 Å². The van der Waals surface area contributed by atoms with Gasteiger partial charge in [0.25, 0.3) is 5.56 Å². The van der Waals surface area contributed by atoms with Gasteiger partial charge in [-0.3, -0.25) is 4.79 Å². The van der Waals surface area contributed by atoms with Crippen molar-refractivity contribution in [3.05, 3.63) is 22.2 Å². The Morgan fingerprint density at radius 2 is 2.20 bits per heavy atom. The Kier molecular flexibility index (Phi) is 4.34. The third-order valence-corrected chi connectivity index (χ3v) is 2.35. The van der Waals surface area contributed by atoms with Crippen LogP contribution in [-0.4, -0.2) is 23.6 Å². The predicted octanol–water partition coefficient (Wildman–Crippen LogP) is 1.57. The summed E-state index contributed by atoms with van der Waals surface area (Å²) in [4.78, 5) is 20.4. The van der Waals surface area contributed by atoms with Gasteiger partial charge in [-0.05, 0) is 6.42 Å². The first-order valence-corrected chi connectivity index (χ1v) is 5.48. The highest BCUT2D eigenvalue weighted by Gasteiger charge is 2.04. The number of nitrogens with zero attached hydrogens (tertiary/aromatic N) is 2. The van der Waals surface area contributed by atoms with E-state index in [0.717, 1.165) is 37.4 Å². The Hall–Kier alpha value is -1.32. The summed E-state index contributed by atoms with van der Waals surface area (Å²) in [6.07, 6.45) is 3.02. The molecular weight excluding hydrogens is 190 g/mol. The van der Waals surface area contributed by atoms with E-state index in [-0.39, 0.29) is 5.56 Å². The lowest BCUT2D eigenvalue weighted by molar-refractivity contribution is 0.752. The molecule has 1 heterocycles. The fraction of sp³-hybridized carbons (Fsp3) is 0.636. The van der Waals surface area contributed by atoms with Crippen LogP contribution < -0.4 is 10.5 Å². The Morgan fingerprint density at radius 3 is 2.80 bits per heavy atom. The minimum Gasteiger partial charge on any atom is -0.359 e. The average molecular weight is 209 g/mol. The van der Waals surface area contributed by atoms with E-state index in [9.17, 15) is 4.79 Å². The number of aromatic amines is 1. The summed E-state index contributed by atoms with van der Waals surface area (Å²) in [5, 5.41) is 0. The molecule has 0 saturated heterocycles. The number of hydrogen-bond acceptors (Lipinski definition) is 3. The highest BCUT2D eigenvalue weighted by molar-refractivity contribution is 5.35. The Morgan fingerprint density at radius 1 is 1.47 bits per heavy atom. The maximum Gasteiger partial charge on any atom is 0.252 e. The van der Waals surface area contributed by atoms with Crippen molar-refractivity contribution in [1.82, 2.24) is 9.97 Å². The quantitative estimate of drug-likeness (QED) is 0.800. The van der Waals surface area contributed by atoms with E-state index in [1.807, 2.05) is 18.9 Å². The first-order valence-electron chi connectivity index (χ1n) is 5.48.